The molecule has 4 nitrogen and oxygen atoms in total. The Bertz CT molecular complexity index is 484. The van der Waals surface area contributed by atoms with Gasteiger partial charge in [0, 0.05) is 25.2 Å². The summed E-state index contributed by atoms with van der Waals surface area (Å²) in [5.74, 6) is -0.967. The number of aliphatic carboxylic acids is 1. The first kappa shape index (κ1) is 16.9. The van der Waals surface area contributed by atoms with Crippen LogP contribution in [0.5, 0.6) is 0 Å². The Morgan fingerprint density at radius 1 is 1.36 bits per heavy atom. The van der Waals surface area contributed by atoms with Gasteiger partial charge in [0.2, 0.25) is 0 Å². The third-order valence-electron chi connectivity index (χ3n) is 4.66. The number of likely N-dealkylation sites (N-methyl/N-ethyl adjacent to an activating group) is 1. The molecule has 0 aliphatic carbocycles. The zero-order valence-corrected chi connectivity index (χ0v) is 13.3. The molecule has 1 saturated heterocycles. The first-order chi connectivity index (χ1) is 10.5. The van der Waals surface area contributed by atoms with Gasteiger partial charge in [-0.25, -0.2) is 4.39 Å². The van der Waals surface area contributed by atoms with E-state index in [0.29, 0.717) is 6.04 Å². The zero-order chi connectivity index (χ0) is 16.1. The summed E-state index contributed by atoms with van der Waals surface area (Å²) in [5.41, 5.74) is 1.12. The minimum Gasteiger partial charge on any atom is -0.480 e. The van der Waals surface area contributed by atoms with Crippen molar-refractivity contribution in [2.45, 2.75) is 38.8 Å². The van der Waals surface area contributed by atoms with Crippen LogP contribution >= 0.6 is 0 Å². The molecular weight excluding hydrogens is 283 g/mol. The average molecular weight is 308 g/mol. The second-order valence-electron chi connectivity index (χ2n) is 5.95. The normalized spacial score (nSPS) is 18.5. The third kappa shape index (κ3) is 4.27. The minimum atomic E-state index is -0.760. The van der Waals surface area contributed by atoms with Crippen LogP contribution in [0.1, 0.15) is 38.3 Å². The number of carboxylic acid groups (broad SMARTS) is 1. The number of halogens is 1. The molecule has 0 amide bonds. The van der Waals surface area contributed by atoms with Crippen LogP contribution in [0.25, 0.3) is 0 Å². The third-order valence-corrected chi connectivity index (χ3v) is 4.66. The Morgan fingerprint density at radius 3 is 2.45 bits per heavy atom. The Kier molecular flexibility index (Phi) is 5.91. The van der Waals surface area contributed by atoms with Gasteiger partial charge < -0.3 is 5.11 Å². The number of nitrogens with zero attached hydrogens (tertiary/aromatic N) is 2. The van der Waals surface area contributed by atoms with Gasteiger partial charge in [-0.15, -0.1) is 0 Å². The van der Waals surface area contributed by atoms with Crippen LogP contribution < -0.4 is 0 Å². The minimum absolute atomic E-state index is 0.120. The van der Waals surface area contributed by atoms with E-state index in [-0.39, 0.29) is 18.4 Å². The summed E-state index contributed by atoms with van der Waals surface area (Å²) in [6.07, 6.45) is 1.96. The van der Waals surface area contributed by atoms with E-state index in [2.05, 4.69) is 11.8 Å². The van der Waals surface area contributed by atoms with Gasteiger partial charge in [-0.3, -0.25) is 14.6 Å². The number of piperidine rings is 1. The Labute approximate surface area is 131 Å². The number of benzene rings is 1. The van der Waals surface area contributed by atoms with E-state index in [1.165, 1.54) is 12.1 Å². The highest BCUT2D eigenvalue weighted by Gasteiger charge is 2.27. The van der Waals surface area contributed by atoms with Crippen molar-refractivity contribution < 1.29 is 14.3 Å². The van der Waals surface area contributed by atoms with Crippen molar-refractivity contribution in [2.24, 2.45) is 0 Å². The molecule has 2 rings (SSSR count). The predicted octanol–water partition coefficient (Wildman–Crippen LogP) is 2.76. The molecule has 0 spiro atoms. The zero-order valence-electron chi connectivity index (χ0n) is 13.3. The lowest BCUT2D eigenvalue weighted by atomic mass is 9.99. The number of likely N-dealkylation sites (tertiary alicyclic amines) is 1. The number of carboxylic acids is 1. The highest BCUT2D eigenvalue weighted by Crippen LogP contribution is 2.26. The molecule has 0 saturated carbocycles. The smallest absolute Gasteiger partial charge is 0.317 e. The van der Waals surface area contributed by atoms with Gasteiger partial charge in [0.1, 0.15) is 5.82 Å². The molecule has 1 N–H and O–H groups in total. The monoisotopic (exact) mass is 308 g/mol. The van der Waals surface area contributed by atoms with Gasteiger partial charge in [-0.2, -0.15) is 0 Å². The molecule has 1 aromatic carbocycles. The summed E-state index contributed by atoms with van der Waals surface area (Å²) in [7, 11) is 0. The molecule has 22 heavy (non-hydrogen) atoms. The lowest BCUT2D eigenvalue weighted by molar-refractivity contribution is -0.139. The number of hydrogen-bond acceptors (Lipinski definition) is 3. The maximum atomic E-state index is 13.0. The van der Waals surface area contributed by atoms with E-state index in [0.717, 1.165) is 38.0 Å². The quantitative estimate of drug-likeness (QED) is 0.877. The molecule has 0 aromatic heterocycles. The maximum Gasteiger partial charge on any atom is 0.317 e. The van der Waals surface area contributed by atoms with Crippen molar-refractivity contribution >= 4 is 5.97 Å². The Hall–Kier alpha value is -1.46. The second-order valence-corrected chi connectivity index (χ2v) is 5.95. The summed E-state index contributed by atoms with van der Waals surface area (Å²) in [5, 5.41) is 8.97. The molecule has 1 fully saturated rings. The fraction of sp³-hybridized carbons (Fsp3) is 0.588. The van der Waals surface area contributed by atoms with Crippen LogP contribution in [0.15, 0.2) is 24.3 Å². The summed E-state index contributed by atoms with van der Waals surface area (Å²) in [4.78, 5) is 15.3. The SMILES string of the molecule is CCN(CC(=O)O)C1CCN(C(C)c2ccc(F)cc2)CC1. The van der Waals surface area contributed by atoms with Crippen molar-refractivity contribution in [2.75, 3.05) is 26.2 Å². The predicted molar refractivity (Wildman–Crippen MR) is 84.3 cm³/mol. The largest absolute Gasteiger partial charge is 0.480 e. The van der Waals surface area contributed by atoms with Crippen LogP contribution in [0.3, 0.4) is 0 Å². The van der Waals surface area contributed by atoms with E-state index in [1.807, 2.05) is 24.0 Å². The molecule has 1 atom stereocenters. The molecule has 0 bridgehead atoms. The Morgan fingerprint density at radius 2 is 1.95 bits per heavy atom. The van der Waals surface area contributed by atoms with Gasteiger partial charge >= 0.3 is 5.97 Å². The topological polar surface area (TPSA) is 43.8 Å². The molecular formula is C17H25FN2O2. The number of rotatable bonds is 6. The number of hydrogen-bond donors (Lipinski definition) is 1. The van der Waals surface area contributed by atoms with E-state index in [9.17, 15) is 9.18 Å². The molecule has 122 valence electrons. The average Bonchev–Trinajstić information content (AvgIpc) is 2.52. The first-order valence-corrected chi connectivity index (χ1v) is 7.96. The van der Waals surface area contributed by atoms with Gasteiger partial charge in [0.15, 0.2) is 0 Å². The molecule has 1 heterocycles. The van der Waals surface area contributed by atoms with Crippen LogP contribution in [-0.2, 0) is 4.79 Å². The van der Waals surface area contributed by atoms with Crippen LogP contribution in [0.2, 0.25) is 0 Å². The van der Waals surface area contributed by atoms with Crippen LogP contribution in [-0.4, -0.2) is 53.1 Å². The van der Waals surface area contributed by atoms with Crippen LogP contribution in [0.4, 0.5) is 4.39 Å². The van der Waals surface area contributed by atoms with Crippen molar-refractivity contribution in [3.63, 3.8) is 0 Å². The standard InChI is InChI=1S/C17H25FN2O2/c1-3-19(12-17(21)22)16-8-10-20(11-9-16)13(2)14-4-6-15(18)7-5-14/h4-7,13,16H,3,8-12H2,1-2H3,(H,21,22). The number of carbonyl (C=O) groups is 1. The summed E-state index contributed by atoms with van der Waals surface area (Å²) in [6.45, 7) is 6.93. The fourth-order valence-corrected chi connectivity index (χ4v) is 3.26. The summed E-state index contributed by atoms with van der Waals surface area (Å²) in [6, 6.07) is 7.30. The Balaban J connectivity index is 1.90. The maximum absolute atomic E-state index is 13.0. The molecule has 5 heteroatoms. The summed E-state index contributed by atoms with van der Waals surface area (Å²) >= 11 is 0. The van der Waals surface area contributed by atoms with E-state index >= 15 is 0 Å². The van der Waals surface area contributed by atoms with Crippen molar-refractivity contribution in [1.29, 1.82) is 0 Å². The van der Waals surface area contributed by atoms with Crippen molar-refractivity contribution in [3.8, 4) is 0 Å². The molecule has 0 radical (unpaired) electrons. The summed E-state index contributed by atoms with van der Waals surface area (Å²) < 4.78 is 13.0. The highest BCUT2D eigenvalue weighted by atomic mass is 19.1. The van der Waals surface area contributed by atoms with E-state index < -0.39 is 5.97 Å². The van der Waals surface area contributed by atoms with E-state index in [4.69, 9.17) is 5.11 Å². The first-order valence-electron chi connectivity index (χ1n) is 7.96. The van der Waals surface area contributed by atoms with Crippen molar-refractivity contribution in [3.05, 3.63) is 35.6 Å². The van der Waals surface area contributed by atoms with Gasteiger partial charge in [-0.05, 0) is 44.0 Å². The molecule has 1 unspecified atom stereocenters. The highest BCUT2D eigenvalue weighted by molar-refractivity contribution is 5.69. The second kappa shape index (κ2) is 7.70. The van der Waals surface area contributed by atoms with E-state index in [1.54, 1.807) is 0 Å². The van der Waals surface area contributed by atoms with Gasteiger partial charge in [-0.1, -0.05) is 19.1 Å². The van der Waals surface area contributed by atoms with Gasteiger partial charge in [0.05, 0.1) is 6.54 Å². The van der Waals surface area contributed by atoms with Gasteiger partial charge in [0.25, 0.3) is 0 Å². The lowest BCUT2D eigenvalue weighted by Crippen LogP contribution is -2.47. The molecule has 1 aromatic rings. The lowest BCUT2D eigenvalue weighted by Gasteiger charge is -2.40. The molecule has 1 aliphatic rings. The van der Waals surface area contributed by atoms with Crippen molar-refractivity contribution in [1.82, 2.24) is 9.80 Å². The fourth-order valence-electron chi connectivity index (χ4n) is 3.26. The molecule has 1 aliphatic heterocycles. The van der Waals surface area contributed by atoms with Crippen LogP contribution in [0, 0.1) is 5.82 Å².